The highest BCUT2D eigenvalue weighted by Gasteiger charge is 2.10. The molecule has 1 aromatic carbocycles. The van der Waals surface area contributed by atoms with Crippen molar-refractivity contribution in [3.05, 3.63) is 46.5 Å². The van der Waals surface area contributed by atoms with E-state index in [1.165, 1.54) is 11.1 Å². The van der Waals surface area contributed by atoms with Gasteiger partial charge in [0.25, 0.3) is 0 Å². The summed E-state index contributed by atoms with van der Waals surface area (Å²) in [6, 6.07) is 8.75. The van der Waals surface area contributed by atoms with Crippen LogP contribution in [0.4, 0.5) is 0 Å². The third kappa shape index (κ3) is 5.17. The Hall–Kier alpha value is -1.12. The summed E-state index contributed by atoms with van der Waals surface area (Å²) in [6.07, 6.45) is 3.26. The number of hydrogen-bond acceptors (Lipinski definition) is 2. The SMILES string of the molecule is CC1=C(C)Cc2ccccc2C1.CCC(O)CCO. The van der Waals surface area contributed by atoms with Crippen LogP contribution in [-0.4, -0.2) is 22.9 Å². The molecule has 0 aliphatic heterocycles. The average Bonchev–Trinajstić information content (AvgIpc) is 2.41. The number of rotatable bonds is 3. The van der Waals surface area contributed by atoms with Gasteiger partial charge in [-0.3, -0.25) is 0 Å². The average molecular weight is 262 g/mol. The smallest absolute Gasteiger partial charge is 0.0559 e. The Labute approximate surface area is 116 Å². The molecule has 1 aliphatic rings. The Kier molecular flexibility index (Phi) is 6.82. The Morgan fingerprint density at radius 2 is 1.53 bits per heavy atom. The molecule has 106 valence electrons. The van der Waals surface area contributed by atoms with E-state index >= 15 is 0 Å². The lowest BCUT2D eigenvalue weighted by Crippen LogP contribution is -2.05. The number of benzene rings is 1. The summed E-state index contributed by atoms with van der Waals surface area (Å²) in [4.78, 5) is 0. The molecule has 0 bridgehead atoms. The van der Waals surface area contributed by atoms with E-state index in [0.717, 1.165) is 19.3 Å². The van der Waals surface area contributed by atoms with Crippen LogP contribution >= 0.6 is 0 Å². The fourth-order valence-corrected chi connectivity index (χ4v) is 2.13. The maximum Gasteiger partial charge on any atom is 0.0559 e. The Morgan fingerprint density at radius 3 is 1.84 bits per heavy atom. The Morgan fingerprint density at radius 1 is 1.05 bits per heavy atom. The fraction of sp³-hybridized carbons (Fsp3) is 0.529. The van der Waals surface area contributed by atoms with Crippen molar-refractivity contribution in [1.82, 2.24) is 0 Å². The highest BCUT2D eigenvalue weighted by molar-refractivity contribution is 5.39. The first-order valence-electron chi connectivity index (χ1n) is 7.09. The van der Waals surface area contributed by atoms with Crippen molar-refractivity contribution in [3.63, 3.8) is 0 Å². The topological polar surface area (TPSA) is 40.5 Å². The van der Waals surface area contributed by atoms with Crippen molar-refractivity contribution in [2.75, 3.05) is 6.61 Å². The molecule has 2 rings (SSSR count). The molecule has 0 spiro atoms. The molecule has 2 nitrogen and oxygen atoms in total. The maximum atomic E-state index is 8.70. The van der Waals surface area contributed by atoms with Crippen LogP contribution in [0.3, 0.4) is 0 Å². The quantitative estimate of drug-likeness (QED) is 0.821. The summed E-state index contributed by atoms with van der Waals surface area (Å²) in [5, 5.41) is 16.9. The normalized spacial score (nSPS) is 15.4. The molecule has 1 aliphatic carbocycles. The van der Waals surface area contributed by atoms with E-state index in [9.17, 15) is 0 Å². The molecule has 0 fully saturated rings. The van der Waals surface area contributed by atoms with Gasteiger partial charge in [-0.2, -0.15) is 0 Å². The molecular formula is C17H26O2. The zero-order valence-corrected chi connectivity index (χ0v) is 12.3. The van der Waals surface area contributed by atoms with Gasteiger partial charge in [0.2, 0.25) is 0 Å². The van der Waals surface area contributed by atoms with Gasteiger partial charge in [0, 0.05) is 6.61 Å². The summed E-state index contributed by atoms with van der Waals surface area (Å²) in [6.45, 7) is 6.46. The molecule has 19 heavy (non-hydrogen) atoms. The third-order valence-electron chi connectivity index (χ3n) is 3.69. The van der Waals surface area contributed by atoms with Crippen molar-refractivity contribution in [2.45, 2.75) is 52.6 Å². The van der Waals surface area contributed by atoms with Crippen molar-refractivity contribution in [1.29, 1.82) is 0 Å². The van der Waals surface area contributed by atoms with Gasteiger partial charge in [0.05, 0.1) is 6.10 Å². The number of allylic oxidation sites excluding steroid dienone is 2. The van der Waals surface area contributed by atoms with E-state index in [2.05, 4.69) is 38.1 Å². The molecule has 0 saturated heterocycles. The minimum atomic E-state index is -0.301. The fourth-order valence-electron chi connectivity index (χ4n) is 2.13. The van der Waals surface area contributed by atoms with E-state index in [4.69, 9.17) is 10.2 Å². The van der Waals surface area contributed by atoms with E-state index in [1.807, 2.05) is 6.92 Å². The van der Waals surface area contributed by atoms with Crippen molar-refractivity contribution >= 4 is 0 Å². The maximum absolute atomic E-state index is 8.70. The first-order chi connectivity index (χ1) is 9.08. The van der Waals surface area contributed by atoms with Crippen LogP contribution in [0.2, 0.25) is 0 Å². The van der Waals surface area contributed by atoms with Gasteiger partial charge >= 0.3 is 0 Å². The molecule has 0 aromatic heterocycles. The van der Waals surface area contributed by atoms with E-state index in [1.54, 1.807) is 11.1 Å². The highest BCUT2D eigenvalue weighted by Crippen LogP contribution is 2.24. The minimum absolute atomic E-state index is 0.0923. The van der Waals surface area contributed by atoms with Crippen molar-refractivity contribution in [3.8, 4) is 0 Å². The second-order valence-electron chi connectivity index (χ2n) is 5.26. The van der Waals surface area contributed by atoms with Crippen LogP contribution in [0.25, 0.3) is 0 Å². The molecule has 0 amide bonds. The zero-order chi connectivity index (χ0) is 14.3. The second kappa shape index (κ2) is 8.13. The molecule has 2 N–H and O–H groups in total. The Bertz CT molecular complexity index is 388. The summed E-state index contributed by atoms with van der Waals surface area (Å²) in [5.74, 6) is 0. The van der Waals surface area contributed by atoms with Crippen LogP contribution in [0.15, 0.2) is 35.4 Å². The molecule has 1 unspecified atom stereocenters. The van der Waals surface area contributed by atoms with Crippen molar-refractivity contribution in [2.24, 2.45) is 0 Å². The van der Waals surface area contributed by atoms with Crippen LogP contribution in [0.1, 0.15) is 44.7 Å². The lowest BCUT2D eigenvalue weighted by Gasteiger charge is -2.18. The zero-order valence-electron chi connectivity index (χ0n) is 12.3. The van der Waals surface area contributed by atoms with E-state index < -0.39 is 0 Å². The van der Waals surface area contributed by atoms with Gasteiger partial charge in [0.15, 0.2) is 0 Å². The first kappa shape index (κ1) is 15.9. The summed E-state index contributed by atoms with van der Waals surface area (Å²) in [5.41, 5.74) is 6.13. The molecule has 0 radical (unpaired) electrons. The number of hydrogen-bond donors (Lipinski definition) is 2. The van der Waals surface area contributed by atoms with E-state index in [-0.39, 0.29) is 12.7 Å². The standard InChI is InChI=1S/C12H14.C5H12O2/c1-9-7-11-5-3-4-6-12(11)8-10(9)2;1-2-5(7)3-4-6/h3-6H,7-8H2,1-2H3;5-7H,2-4H2,1H3. The number of aliphatic hydroxyl groups excluding tert-OH is 2. The van der Waals surface area contributed by atoms with E-state index in [0.29, 0.717) is 6.42 Å². The predicted molar refractivity (Wildman–Crippen MR) is 80.2 cm³/mol. The lowest BCUT2D eigenvalue weighted by atomic mass is 9.88. The molecule has 1 atom stereocenters. The lowest BCUT2D eigenvalue weighted by molar-refractivity contribution is 0.129. The highest BCUT2D eigenvalue weighted by atomic mass is 16.3. The predicted octanol–water partition coefficient (Wildman–Crippen LogP) is 3.26. The van der Waals surface area contributed by atoms with Gasteiger partial charge < -0.3 is 10.2 Å². The van der Waals surface area contributed by atoms with Gasteiger partial charge in [-0.25, -0.2) is 0 Å². The molecule has 2 heteroatoms. The first-order valence-corrected chi connectivity index (χ1v) is 7.09. The summed E-state index contributed by atoms with van der Waals surface area (Å²) >= 11 is 0. The molecular weight excluding hydrogens is 236 g/mol. The van der Waals surface area contributed by atoms with Gasteiger partial charge in [0.1, 0.15) is 0 Å². The van der Waals surface area contributed by atoms with Crippen LogP contribution in [0, 0.1) is 0 Å². The number of aliphatic hydroxyl groups is 2. The molecule has 1 aromatic rings. The summed E-state index contributed by atoms with van der Waals surface area (Å²) < 4.78 is 0. The van der Waals surface area contributed by atoms with Crippen LogP contribution in [0.5, 0.6) is 0 Å². The van der Waals surface area contributed by atoms with Gasteiger partial charge in [-0.05, 0) is 50.7 Å². The third-order valence-corrected chi connectivity index (χ3v) is 3.69. The van der Waals surface area contributed by atoms with Gasteiger partial charge in [-0.1, -0.05) is 42.3 Å². The summed E-state index contributed by atoms with van der Waals surface area (Å²) in [7, 11) is 0. The number of fused-ring (bicyclic) bond motifs is 1. The van der Waals surface area contributed by atoms with Gasteiger partial charge in [-0.15, -0.1) is 0 Å². The Balaban J connectivity index is 0.000000224. The largest absolute Gasteiger partial charge is 0.396 e. The monoisotopic (exact) mass is 262 g/mol. The molecule has 0 heterocycles. The van der Waals surface area contributed by atoms with Crippen LogP contribution in [-0.2, 0) is 12.8 Å². The second-order valence-corrected chi connectivity index (χ2v) is 5.26. The van der Waals surface area contributed by atoms with Crippen molar-refractivity contribution < 1.29 is 10.2 Å². The van der Waals surface area contributed by atoms with Crippen LogP contribution < -0.4 is 0 Å². The molecule has 0 saturated carbocycles. The minimum Gasteiger partial charge on any atom is -0.396 e.